The van der Waals surface area contributed by atoms with Gasteiger partial charge in [0.1, 0.15) is 6.10 Å². The zero-order valence-electron chi connectivity index (χ0n) is 13.5. The summed E-state index contributed by atoms with van der Waals surface area (Å²) in [4.78, 5) is 14.0. The summed E-state index contributed by atoms with van der Waals surface area (Å²) in [6.07, 6.45) is 2.82. The Bertz CT molecular complexity index is 620. The number of rotatable bonds is 7. The number of hydrogen-bond acceptors (Lipinski definition) is 4. The zero-order valence-corrected chi connectivity index (χ0v) is 14.4. The molecule has 1 amide bonds. The van der Waals surface area contributed by atoms with Crippen LogP contribution in [0.1, 0.15) is 38.7 Å². The van der Waals surface area contributed by atoms with Crippen LogP contribution in [0.15, 0.2) is 29.2 Å². The first-order chi connectivity index (χ1) is 10.9. The van der Waals surface area contributed by atoms with Crippen LogP contribution in [0.4, 0.5) is 0 Å². The Morgan fingerprint density at radius 3 is 2.57 bits per heavy atom. The molecular formula is C16H24N2O4S. The Balaban J connectivity index is 1.92. The average molecular weight is 340 g/mol. The van der Waals surface area contributed by atoms with E-state index in [1.54, 1.807) is 24.3 Å². The molecule has 1 aromatic carbocycles. The van der Waals surface area contributed by atoms with Gasteiger partial charge in [0.25, 0.3) is 15.9 Å². The number of nitrogens with one attached hydrogen (secondary N) is 2. The van der Waals surface area contributed by atoms with E-state index in [0.717, 1.165) is 24.8 Å². The molecule has 1 aromatic rings. The van der Waals surface area contributed by atoms with Crippen LogP contribution in [-0.4, -0.2) is 27.0 Å². The molecular weight excluding hydrogens is 316 g/mol. The van der Waals surface area contributed by atoms with Gasteiger partial charge in [-0.05, 0) is 49.3 Å². The van der Waals surface area contributed by atoms with Crippen molar-refractivity contribution in [2.24, 2.45) is 5.92 Å². The highest BCUT2D eigenvalue weighted by Gasteiger charge is 2.25. The number of carbonyl (C=O) groups is 1. The van der Waals surface area contributed by atoms with Gasteiger partial charge in [-0.3, -0.25) is 10.2 Å². The molecule has 128 valence electrons. The third-order valence-electron chi connectivity index (χ3n) is 3.77. The van der Waals surface area contributed by atoms with Crippen LogP contribution < -0.4 is 10.3 Å². The summed E-state index contributed by atoms with van der Waals surface area (Å²) in [5, 5.41) is 0. The molecule has 0 spiro atoms. The van der Waals surface area contributed by atoms with Gasteiger partial charge in [-0.2, -0.15) is 0 Å². The van der Waals surface area contributed by atoms with Gasteiger partial charge < -0.3 is 4.74 Å². The fraction of sp³-hybridized carbons (Fsp3) is 0.562. The predicted octanol–water partition coefficient (Wildman–Crippen LogP) is 1.76. The first-order valence-electron chi connectivity index (χ1n) is 7.90. The molecule has 0 saturated carbocycles. The highest BCUT2D eigenvalue weighted by molar-refractivity contribution is 7.89. The van der Waals surface area contributed by atoms with Crippen molar-refractivity contribution < 1.29 is 17.9 Å². The lowest BCUT2D eigenvalue weighted by Crippen LogP contribution is -2.46. The van der Waals surface area contributed by atoms with Crippen molar-refractivity contribution in [1.82, 2.24) is 10.3 Å². The summed E-state index contributed by atoms with van der Waals surface area (Å²) in [5.74, 6) is 0.146. The summed E-state index contributed by atoms with van der Waals surface area (Å²) in [6.45, 7) is 4.83. The smallest absolute Gasteiger partial charge is 0.264 e. The molecule has 7 heteroatoms. The van der Waals surface area contributed by atoms with Crippen molar-refractivity contribution in [3.05, 3.63) is 29.8 Å². The lowest BCUT2D eigenvalue weighted by Gasteiger charge is -2.12. The van der Waals surface area contributed by atoms with Gasteiger partial charge >= 0.3 is 0 Å². The Hall–Kier alpha value is -1.44. The van der Waals surface area contributed by atoms with Crippen LogP contribution >= 0.6 is 0 Å². The van der Waals surface area contributed by atoms with Crippen molar-refractivity contribution in [2.45, 2.75) is 50.5 Å². The normalized spacial score (nSPS) is 18.3. The lowest BCUT2D eigenvalue weighted by molar-refractivity contribution is -0.130. The van der Waals surface area contributed by atoms with E-state index in [0.29, 0.717) is 18.9 Å². The molecule has 2 N–H and O–H groups in total. The molecule has 1 unspecified atom stereocenters. The standard InChI is InChI=1S/C16H24N2O4S/c1-12(2)5-6-13-7-9-14(10-8-13)23(20,21)18-17-16(19)15-4-3-11-22-15/h7-10,12,15,18H,3-6,11H2,1-2H3,(H,17,19). The molecule has 1 aliphatic heterocycles. The van der Waals surface area contributed by atoms with E-state index in [4.69, 9.17) is 4.74 Å². The minimum atomic E-state index is -3.77. The van der Waals surface area contributed by atoms with Crippen LogP contribution in [0.5, 0.6) is 0 Å². The largest absolute Gasteiger partial charge is 0.368 e. The van der Waals surface area contributed by atoms with Gasteiger partial charge in [-0.25, -0.2) is 8.42 Å². The molecule has 0 aromatic heterocycles. The number of carbonyl (C=O) groups excluding carboxylic acids is 1. The fourth-order valence-electron chi connectivity index (χ4n) is 2.33. The molecule has 0 aliphatic carbocycles. The highest BCUT2D eigenvalue weighted by atomic mass is 32.2. The highest BCUT2D eigenvalue weighted by Crippen LogP contribution is 2.14. The van der Waals surface area contributed by atoms with Crippen molar-refractivity contribution >= 4 is 15.9 Å². The molecule has 6 nitrogen and oxygen atoms in total. The third kappa shape index (κ3) is 5.30. The minimum Gasteiger partial charge on any atom is -0.368 e. The lowest BCUT2D eigenvalue weighted by atomic mass is 10.0. The fourth-order valence-corrected chi connectivity index (χ4v) is 3.18. The maximum atomic E-state index is 12.2. The summed E-state index contributed by atoms with van der Waals surface area (Å²) < 4.78 is 29.5. The summed E-state index contributed by atoms with van der Waals surface area (Å²) in [7, 11) is -3.77. The maximum absolute atomic E-state index is 12.2. The summed E-state index contributed by atoms with van der Waals surface area (Å²) >= 11 is 0. The number of benzene rings is 1. The Morgan fingerprint density at radius 2 is 2.00 bits per heavy atom. The third-order valence-corrected chi connectivity index (χ3v) is 5.04. The zero-order chi connectivity index (χ0) is 16.9. The number of ether oxygens (including phenoxy) is 1. The monoisotopic (exact) mass is 340 g/mol. The van der Waals surface area contributed by atoms with E-state index in [1.165, 1.54) is 0 Å². The predicted molar refractivity (Wildman–Crippen MR) is 87.0 cm³/mol. The number of aryl methyl sites for hydroxylation is 1. The maximum Gasteiger partial charge on any atom is 0.264 e. The van der Waals surface area contributed by atoms with Gasteiger partial charge in [0, 0.05) is 6.61 Å². The molecule has 1 fully saturated rings. The minimum absolute atomic E-state index is 0.124. The number of hydrogen-bond donors (Lipinski definition) is 2. The van der Waals surface area contributed by atoms with Gasteiger partial charge in [0.05, 0.1) is 4.90 Å². The van der Waals surface area contributed by atoms with Crippen molar-refractivity contribution in [1.29, 1.82) is 0 Å². The quantitative estimate of drug-likeness (QED) is 0.741. The van der Waals surface area contributed by atoms with Gasteiger partial charge in [0.15, 0.2) is 0 Å². The molecule has 1 saturated heterocycles. The van der Waals surface area contributed by atoms with Crippen molar-refractivity contribution in [3.8, 4) is 0 Å². The number of sulfonamides is 1. The number of hydrazine groups is 1. The van der Waals surface area contributed by atoms with E-state index in [2.05, 4.69) is 24.1 Å². The van der Waals surface area contributed by atoms with E-state index in [9.17, 15) is 13.2 Å². The first kappa shape index (κ1) is 17.9. The van der Waals surface area contributed by atoms with Crippen molar-refractivity contribution in [3.63, 3.8) is 0 Å². The van der Waals surface area contributed by atoms with E-state index in [1.807, 2.05) is 0 Å². The van der Waals surface area contributed by atoms with Crippen LogP contribution in [0.2, 0.25) is 0 Å². The van der Waals surface area contributed by atoms with Gasteiger partial charge in [-0.15, -0.1) is 4.83 Å². The molecule has 2 rings (SSSR count). The second-order valence-electron chi connectivity index (χ2n) is 6.17. The van der Waals surface area contributed by atoms with Crippen LogP contribution in [0.3, 0.4) is 0 Å². The topological polar surface area (TPSA) is 84.5 Å². The Morgan fingerprint density at radius 1 is 1.30 bits per heavy atom. The second kappa shape index (κ2) is 7.90. The second-order valence-corrected chi connectivity index (χ2v) is 7.86. The summed E-state index contributed by atoms with van der Waals surface area (Å²) in [6, 6.07) is 6.71. The van der Waals surface area contributed by atoms with Crippen LogP contribution in [0.25, 0.3) is 0 Å². The summed E-state index contributed by atoms with van der Waals surface area (Å²) in [5.41, 5.74) is 3.31. The van der Waals surface area contributed by atoms with E-state index >= 15 is 0 Å². The molecule has 1 aliphatic rings. The van der Waals surface area contributed by atoms with Gasteiger partial charge in [-0.1, -0.05) is 26.0 Å². The number of amides is 1. The van der Waals surface area contributed by atoms with Crippen LogP contribution in [-0.2, 0) is 26.0 Å². The molecule has 0 radical (unpaired) electrons. The SMILES string of the molecule is CC(C)CCc1ccc(S(=O)(=O)NNC(=O)C2CCCO2)cc1. The molecule has 1 heterocycles. The Kier molecular flexibility index (Phi) is 6.15. The molecule has 0 bridgehead atoms. The van der Waals surface area contributed by atoms with E-state index in [-0.39, 0.29) is 4.90 Å². The first-order valence-corrected chi connectivity index (χ1v) is 9.39. The van der Waals surface area contributed by atoms with Gasteiger partial charge in [0.2, 0.25) is 0 Å². The average Bonchev–Trinajstić information content (AvgIpc) is 3.05. The van der Waals surface area contributed by atoms with Crippen molar-refractivity contribution in [2.75, 3.05) is 6.61 Å². The Labute approximate surface area is 137 Å². The molecule has 23 heavy (non-hydrogen) atoms. The van der Waals surface area contributed by atoms with E-state index < -0.39 is 22.0 Å². The molecule has 1 atom stereocenters. The van der Waals surface area contributed by atoms with Crippen LogP contribution in [0, 0.1) is 5.92 Å².